The molecule has 0 N–H and O–H groups in total. The molecule has 0 heterocycles. The molecule has 2 aromatic carbocycles. The molecule has 0 saturated heterocycles. The molecule has 0 spiro atoms. The van der Waals surface area contributed by atoms with Gasteiger partial charge < -0.3 is 0 Å². The molecule has 15 heavy (non-hydrogen) atoms. The Kier molecular flexibility index (Phi) is 1.74. The summed E-state index contributed by atoms with van der Waals surface area (Å²) in [7, 11) is 0. The Morgan fingerprint density at radius 2 is 1.53 bits per heavy atom. The first-order valence-electron chi connectivity index (χ1n) is 4.50. The fourth-order valence-electron chi connectivity index (χ4n) is 1.99. The van der Waals surface area contributed by atoms with Crippen LogP contribution in [0, 0.1) is 3.57 Å². The van der Waals surface area contributed by atoms with Gasteiger partial charge in [0.1, 0.15) is 0 Å². The lowest BCUT2D eigenvalue weighted by Crippen LogP contribution is -2.05. The number of hydrogen-bond donors (Lipinski definition) is 0. The van der Waals surface area contributed by atoms with Crippen LogP contribution in [-0.2, 0) is 0 Å². The summed E-state index contributed by atoms with van der Waals surface area (Å²) in [6.07, 6.45) is 0. The molecule has 3 rings (SSSR count). The van der Waals surface area contributed by atoms with Crippen molar-refractivity contribution in [2.45, 2.75) is 0 Å². The van der Waals surface area contributed by atoms with Gasteiger partial charge in [-0.25, -0.2) is 0 Å². The molecule has 0 aromatic heterocycles. The number of Topliss-reactive ketones (excluding diaryl/α,β-unsaturated/α-hetero) is 2. The molecule has 0 aliphatic heterocycles. The quantitative estimate of drug-likeness (QED) is 0.554. The molecule has 0 bridgehead atoms. The lowest BCUT2D eigenvalue weighted by Gasteiger charge is -2.01. The smallest absolute Gasteiger partial charge is 0.234 e. The third kappa shape index (κ3) is 1.04. The molecule has 1 aliphatic carbocycles. The fraction of sp³-hybridized carbons (Fsp3) is 0. The first-order valence-corrected chi connectivity index (χ1v) is 5.58. The van der Waals surface area contributed by atoms with Gasteiger partial charge in [-0.05, 0) is 40.1 Å². The van der Waals surface area contributed by atoms with Gasteiger partial charge in [-0.3, -0.25) is 9.59 Å². The van der Waals surface area contributed by atoms with Gasteiger partial charge >= 0.3 is 0 Å². The molecule has 0 unspecified atom stereocenters. The number of benzene rings is 2. The topological polar surface area (TPSA) is 34.1 Å². The van der Waals surface area contributed by atoms with Crippen molar-refractivity contribution in [2.24, 2.45) is 0 Å². The van der Waals surface area contributed by atoms with E-state index in [-0.39, 0.29) is 11.6 Å². The van der Waals surface area contributed by atoms with Crippen LogP contribution in [0.15, 0.2) is 30.3 Å². The predicted molar refractivity (Wildman–Crippen MR) is 65.3 cm³/mol. The van der Waals surface area contributed by atoms with E-state index in [1.807, 2.05) is 18.2 Å². The maximum absolute atomic E-state index is 11.6. The van der Waals surface area contributed by atoms with Gasteiger partial charge in [0, 0.05) is 20.1 Å². The van der Waals surface area contributed by atoms with E-state index >= 15 is 0 Å². The van der Waals surface area contributed by atoms with Crippen LogP contribution in [-0.4, -0.2) is 11.6 Å². The molecular weight excluding hydrogens is 303 g/mol. The highest BCUT2D eigenvalue weighted by molar-refractivity contribution is 14.1. The van der Waals surface area contributed by atoms with E-state index in [0.717, 1.165) is 14.3 Å². The van der Waals surface area contributed by atoms with Gasteiger partial charge in [0.05, 0.1) is 0 Å². The second-order valence-corrected chi connectivity index (χ2v) is 4.64. The van der Waals surface area contributed by atoms with Gasteiger partial charge in [-0.1, -0.05) is 18.2 Å². The first-order chi connectivity index (χ1) is 7.20. The molecule has 2 nitrogen and oxygen atoms in total. The van der Waals surface area contributed by atoms with E-state index in [0.29, 0.717) is 11.1 Å². The zero-order valence-electron chi connectivity index (χ0n) is 7.58. The molecule has 0 radical (unpaired) electrons. The first kappa shape index (κ1) is 9.03. The molecule has 2 aromatic rings. The Bertz CT molecular complexity index is 609. The van der Waals surface area contributed by atoms with E-state index < -0.39 is 0 Å². The minimum atomic E-state index is -0.377. The SMILES string of the molecule is O=C1C(=O)c2ccc(I)c3cccc1c23. The summed E-state index contributed by atoms with van der Waals surface area (Å²) in [5, 5.41) is 1.81. The summed E-state index contributed by atoms with van der Waals surface area (Å²) >= 11 is 2.21. The summed E-state index contributed by atoms with van der Waals surface area (Å²) in [4.78, 5) is 23.3. The van der Waals surface area contributed by atoms with Crippen LogP contribution in [0.4, 0.5) is 0 Å². The Balaban J connectivity index is 2.62. The molecule has 0 atom stereocenters. The normalized spacial score (nSPS) is 13.9. The van der Waals surface area contributed by atoms with Gasteiger partial charge in [0.15, 0.2) is 0 Å². The molecule has 0 fully saturated rings. The Morgan fingerprint density at radius 3 is 2.27 bits per heavy atom. The van der Waals surface area contributed by atoms with E-state index in [9.17, 15) is 9.59 Å². The van der Waals surface area contributed by atoms with E-state index in [4.69, 9.17) is 0 Å². The van der Waals surface area contributed by atoms with Crippen molar-refractivity contribution in [1.29, 1.82) is 0 Å². The highest BCUT2D eigenvalue weighted by Crippen LogP contribution is 2.33. The molecule has 3 heteroatoms. The number of ketones is 2. The highest BCUT2D eigenvalue weighted by Gasteiger charge is 2.30. The van der Waals surface area contributed by atoms with Gasteiger partial charge in [0.25, 0.3) is 0 Å². The van der Waals surface area contributed by atoms with Crippen molar-refractivity contribution < 1.29 is 9.59 Å². The predicted octanol–water partition coefficient (Wildman–Crippen LogP) is 2.82. The largest absolute Gasteiger partial charge is 0.285 e. The number of rotatable bonds is 0. The molecular formula is C12H5IO2. The number of hydrogen-bond acceptors (Lipinski definition) is 2. The van der Waals surface area contributed by atoms with Gasteiger partial charge in [-0.15, -0.1) is 0 Å². The van der Waals surface area contributed by atoms with Crippen molar-refractivity contribution in [3.63, 3.8) is 0 Å². The summed E-state index contributed by atoms with van der Waals surface area (Å²) in [5.41, 5.74) is 1.09. The Labute approximate surface area is 99.4 Å². The summed E-state index contributed by atoms with van der Waals surface area (Å²) in [6, 6.07) is 9.09. The molecule has 72 valence electrons. The third-order valence-corrected chi connectivity index (χ3v) is 3.62. The molecule has 1 aliphatic rings. The van der Waals surface area contributed by atoms with Crippen molar-refractivity contribution in [3.8, 4) is 0 Å². The number of carbonyl (C=O) groups is 2. The fourth-order valence-corrected chi connectivity index (χ4v) is 2.62. The third-order valence-electron chi connectivity index (χ3n) is 2.68. The standard InChI is InChI=1S/C12H5IO2/c13-9-5-4-8-10-6(9)2-1-3-7(10)11(14)12(8)15/h1-5H. The van der Waals surface area contributed by atoms with Crippen LogP contribution in [0.5, 0.6) is 0 Å². The summed E-state index contributed by atoms with van der Waals surface area (Å²) in [6.45, 7) is 0. The summed E-state index contributed by atoms with van der Waals surface area (Å²) in [5.74, 6) is -0.754. The second kappa shape index (κ2) is 2.88. The average Bonchev–Trinajstić information content (AvgIpc) is 2.50. The van der Waals surface area contributed by atoms with E-state index in [2.05, 4.69) is 22.6 Å². The maximum Gasteiger partial charge on any atom is 0.234 e. The molecule has 0 amide bonds. The lowest BCUT2D eigenvalue weighted by atomic mass is 10.1. The van der Waals surface area contributed by atoms with Crippen LogP contribution in [0.25, 0.3) is 10.8 Å². The minimum absolute atomic E-state index is 0.377. The number of carbonyl (C=O) groups excluding carboxylic acids is 2. The lowest BCUT2D eigenvalue weighted by molar-refractivity contribution is 0.0825. The summed E-state index contributed by atoms with van der Waals surface area (Å²) < 4.78 is 1.07. The Morgan fingerprint density at radius 1 is 0.867 bits per heavy atom. The second-order valence-electron chi connectivity index (χ2n) is 3.48. The van der Waals surface area contributed by atoms with Crippen LogP contribution < -0.4 is 0 Å². The van der Waals surface area contributed by atoms with Gasteiger partial charge in [-0.2, -0.15) is 0 Å². The van der Waals surface area contributed by atoms with Crippen molar-refractivity contribution in [3.05, 3.63) is 45.0 Å². The zero-order chi connectivity index (χ0) is 10.6. The monoisotopic (exact) mass is 308 g/mol. The average molecular weight is 308 g/mol. The Hall–Kier alpha value is -1.23. The van der Waals surface area contributed by atoms with Crippen molar-refractivity contribution in [2.75, 3.05) is 0 Å². The van der Waals surface area contributed by atoms with Crippen LogP contribution in [0.1, 0.15) is 20.7 Å². The zero-order valence-corrected chi connectivity index (χ0v) is 9.74. The maximum atomic E-state index is 11.6. The van der Waals surface area contributed by atoms with Gasteiger partial charge in [0.2, 0.25) is 11.6 Å². The highest BCUT2D eigenvalue weighted by atomic mass is 127. The van der Waals surface area contributed by atoms with Crippen LogP contribution in [0.3, 0.4) is 0 Å². The van der Waals surface area contributed by atoms with Crippen LogP contribution in [0.2, 0.25) is 0 Å². The number of halogens is 1. The van der Waals surface area contributed by atoms with Crippen molar-refractivity contribution in [1.82, 2.24) is 0 Å². The molecule has 0 saturated carbocycles. The van der Waals surface area contributed by atoms with E-state index in [1.165, 1.54) is 0 Å². The van der Waals surface area contributed by atoms with Crippen LogP contribution >= 0.6 is 22.6 Å². The van der Waals surface area contributed by atoms with Crippen molar-refractivity contribution >= 4 is 44.9 Å². The minimum Gasteiger partial charge on any atom is -0.285 e. The van der Waals surface area contributed by atoms with E-state index in [1.54, 1.807) is 12.1 Å².